The fourth-order valence-electron chi connectivity index (χ4n) is 4.59. The van der Waals surface area contributed by atoms with E-state index in [2.05, 4.69) is 20.6 Å². The van der Waals surface area contributed by atoms with Gasteiger partial charge in [-0.25, -0.2) is 0 Å². The SMILES string of the molecule is CC1CCCC(C)N1c1nc2c(c(=O)[nH]1)C(C(=O)Nc1ccc(Cl)c(C(F)(F)F)c1)CC(=O)N2. The Bertz CT molecular complexity index is 1190. The first-order valence-electron chi connectivity index (χ1n) is 10.9. The van der Waals surface area contributed by atoms with Gasteiger partial charge in [-0.05, 0) is 51.3 Å². The molecular formula is C22H23ClF3N5O3. The van der Waals surface area contributed by atoms with Crippen molar-refractivity contribution in [3.05, 3.63) is 44.7 Å². The van der Waals surface area contributed by atoms with Gasteiger partial charge in [0.25, 0.3) is 5.56 Å². The van der Waals surface area contributed by atoms with Crippen molar-refractivity contribution in [3.8, 4) is 0 Å². The Labute approximate surface area is 197 Å². The van der Waals surface area contributed by atoms with Crippen molar-refractivity contribution < 1.29 is 22.8 Å². The number of benzene rings is 1. The minimum atomic E-state index is -4.71. The summed E-state index contributed by atoms with van der Waals surface area (Å²) in [6.45, 7) is 4.04. The molecule has 0 bridgehead atoms. The zero-order valence-electron chi connectivity index (χ0n) is 18.4. The maximum Gasteiger partial charge on any atom is 0.417 e. The summed E-state index contributed by atoms with van der Waals surface area (Å²) in [6.07, 6.45) is -2.17. The van der Waals surface area contributed by atoms with Gasteiger partial charge in [0, 0.05) is 24.2 Å². The van der Waals surface area contributed by atoms with E-state index < -0.39 is 40.1 Å². The van der Waals surface area contributed by atoms with Crippen LogP contribution in [0.25, 0.3) is 0 Å². The molecular weight excluding hydrogens is 475 g/mol. The molecule has 0 radical (unpaired) electrons. The van der Waals surface area contributed by atoms with Crippen LogP contribution in [-0.4, -0.2) is 33.9 Å². The smallest absolute Gasteiger partial charge is 0.337 e. The first-order valence-corrected chi connectivity index (χ1v) is 11.2. The molecule has 3 heterocycles. The highest BCUT2D eigenvalue weighted by molar-refractivity contribution is 6.31. The van der Waals surface area contributed by atoms with E-state index >= 15 is 0 Å². The van der Waals surface area contributed by atoms with Crippen LogP contribution in [-0.2, 0) is 15.8 Å². The molecule has 1 fully saturated rings. The summed E-state index contributed by atoms with van der Waals surface area (Å²) >= 11 is 5.63. The summed E-state index contributed by atoms with van der Waals surface area (Å²) in [6, 6.07) is 3.18. The molecule has 3 unspecified atom stereocenters. The monoisotopic (exact) mass is 497 g/mol. The number of nitrogens with one attached hydrogen (secondary N) is 3. The van der Waals surface area contributed by atoms with E-state index in [1.807, 2.05) is 18.7 Å². The number of aromatic nitrogens is 2. The second-order valence-corrected chi connectivity index (χ2v) is 9.08. The normalized spacial score (nSPS) is 22.7. The average molecular weight is 498 g/mol. The number of piperidine rings is 1. The van der Waals surface area contributed by atoms with Gasteiger partial charge in [0.2, 0.25) is 17.8 Å². The van der Waals surface area contributed by atoms with E-state index in [0.29, 0.717) is 12.0 Å². The van der Waals surface area contributed by atoms with Crippen molar-refractivity contribution in [2.45, 2.75) is 63.7 Å². The minimum Gasteiger partial charge on any atom is -0.337 e. The molecule has 2 aliphatic rings. The van der Waals surface area contributed by atoms with Crippen LogP contribution in [0.2, 0.25) is 5.02 Å². The van der Waals surface area contributed by atoms with Crippen LogP contribution in [0.1, 0.15) is 56.6 Å². The van der Waals surface area contributed by atoms with Crippen LogP contribution >= 0.6 is 11.6 Å². The standard InChI is InChI=1S/C22H23ClF3N5O3/c1-10-4-3-5-11(2)31(10)21-29-18-17(20(34)30-21)13(9-16(32)28-18)19(33)27-12-6-7-15(23)14(8-12)22(24,25)26/h6-8,10-11,13H,3-5,9H2,1-2H3,(H,27,33)(H2,28,29,30,32,34). The number of halogens is 4. The number of rotatable bonds is 3. The lowest BCUT2D eigenvalue weighted by molar-refractivity contribution is -0.137. The number of H-pyrrole nitrogens is 1. The molecule has 3 atom stereocenters. The van der Waals surface area contributed by atoms with Gasteiger partial charge in [0.05, 0.1) is 22.1 Å². The number of anilines is 3. The molecule has 4 rings (SSSR count). The van der Waals surface area contributed by atoms with Crippen molar-refractivity contribution >= 4 is 40.9 Å². The third kappa shape index (κ3) is 4.61. The number of amides is 2. The van der Waals surface area contributed by atoms with Crippen molar-refractivity contribution in [3.63, 3.8) is 0 Å². The molecule has 3 N–H and O–H groups in total. The number of carbonyl (C=O) groups excluding carboxylic acids is 2. The van der Waals surface area contributed by atoms with E-state index in [-0.39, 0.29) is 35.6 Å². The Morgan fingerprint density at radius 1 is 1.21 bits per heavy atom. The molecule has 2 aliphatic heterocycles. The van der Waals surface area contributed by atoms with Crippen LogP contribution in [0.4, 0.5) is 30.6 Å². The molecule has 12 heteroatoms. The molecule has 1 aromatic heterocycles. The van der Waals surface area contributed by atoms with Gasteiger partial charge in [-0.2, -0.15) is 18.2 Å². The Kier molecular flexibility index (Phi) is 6.32. The fraction of sp³-hybridized carbons (Fsp3) is 0.455. The molecule has 2 amide bonds. The molecule has 34 heavy (non-hydrogen) atoms. The second kappa shape index (κ2) is 8.94. The van der Waals surface area contributed by atoms with E-state index in [9.17, 15) is 27.6 Å². The number of hydrogen-bond acceptors (Lipinski definition) is 5. The van der Waals surface area contributed by atoms with Crippen molar-refractivity contribution in [2.24, 2.45) is 0 Å². The van der Waals surface area contributed by atoms with Crippen LogP contribution < -0.4 is 21.1 Å². The highest BCUT2D eigenvalue weighted by Gasteiger charge is 2.37. The predicted molar refractivity (Wildman–Crippen MR) is 121 cm³/mol. The summed E-state index contributed by atoms with van der Waals surface area (Å²) in [7, 11) is 0. The summed E-state index contributed by atoms with van der Waals surface area (Å²) in [5.41, 5.74) is -1.89. The molecule has 1 aromatic carbocycles. The second-order valence-electron chi connectivity index (χ2n) is 8.67. The van der Waals surface area contributed by atoms with Crippen molar-refractivity contribution in [2.75, 3.05) is 15.5 Å². The lowest BCUT2D eigenvalue weighted by Crippen LogP contribution is -2.46. The Morgan fingerprint density at radius 2 is 1.88 bits per heavy atom. The lowest BCUT2D eigenvalue weighted by Gasteiger charge is -2.39. The number of carbonyl (C=O) groups is 2. The van der Waals surface area contributed by atoms with E-state index in [4.69, 9.17) is 11.6 Å². The number of aromatic amines is 1. The van der Waals surface area contributed by atoms with Crippen LogP contribution in [0.5, 0.6) is 0 Å². The summed E-state index contributed by atoms with van der Waals surface area (Å²) < 4.78 is 39.5. The van der Waals surface area contributed by atoms with Gasteiger partial charge in [-0.15, -0.1) is 0 Å². The molecule has 0 aliphatic carbocycles. The highest BCUT2D eigenvalue weighted by atomic mass is 35.5. The molecule has 182 valence electrons. The lowest BCUT2D eigenvalue weighted by atomic mass is 9.92. The largest absolute Gasteiger partial charge is 0.417 e. The van der Waals surface area contributed by atoms with Gasteiger partial charge in [-0.3, -0.25) is 19.4 Å². The van der Waals surface area contributed by atoms with E-state index in [1.165, 1.54) is 6.07 Å². The average Bonchev–Trinajstić information content (AvgIpc) is 2.73. The zero-order valence-corrected chi connectivity index (χ0v) is 19.2. The zero-order chi connectivity index (χ0) is 24.8. The highest BCUT2D eigenvalue weighted by Crippen LogP contribution is 2.37. The maximum absolute atomic E-state index is 13.2. The predicted octanol–water partition coefficient (Wildman–Crippen LogP) is 4.27. The van der Waals surface area contributed by atoms with Gasteiger partial charge in [0.15, 0.2) is 0 Å². The van der Waals surface area contributed by atoms with E-state index in [0.717, 1.165) is 25.3 Å². The molecule has 2 aromatic rings. The van der Waals surface area contributed by atoms with Crippen molar-refractivity contribution in [1.82, 2.24) is 9.97 Å². The molecule has 8 nitrogen and oxygen atoms in total. The van der Waals surface area contributed by atoms with Gasteiger partial charge in [-0.1, -0.05) is 11.6 Å². The molecule has 0 spiro atoms. The number of fused-ring (bicyclic) bond motifs is 1. The quantitative estimate of drug-likeness (QED) is 0.587. The summed E-state index contributed by atoms with van der Waals surface area (Å²) in [5.74, 6) is -2.27. The number of hydrogen-bond donors (Lipinski definition) is 3. The summed E-state index contributed by atoms with van der Waals surface area (Å²) in [4.78, 5) is 47.5. The van der Waals surface area contributed by atoms with Crippen molar-refractivity contribution in [1.29, 1.82) is 0 Å². The van der Waals surface area contributed by atoms with Gasteiger partial charge in [0.1, 0.15) is 5.82 Å². The minimum absolute atomic E-state index is 0.0211. The first kappa shape index (κ1) is 24.1. The molecule has 1 saturated heterocycles. The van der Waals surface area contributed by atoms with E-state index in [1.54, 1.807) is 0 Å². The van der Waals surface area contributed by atoms with Crippen LogP contribution in [0.3, 0.4) is 0 Å². The number of alkyl halides is 3. The fourth-order valence-corrected chi connectivity index (χ4v) is 4.82. The first-order chi connectivity index (χ1) is 16.0. The van der Waals surface area contributed by atoms with Gasteiger partial charge < -0.3 is 15.5 Å². The maximum atomic E-state index is 13.2. The third-order valence-electron chi connectivity index (χ3n) is 6.23. The Morgan fingerprint density at radius 3 is 2.53 bits per heavy atom. The Balaban J connectivity index is 1.66. The van der Waals surface area contributed by atoms with Gasteiger partial charge >= 0.3 is 6.18 Å². The topological polar surface area (TPSA) is 107 Å². The molecule has 0 saturated carbocycles. The van der Waals surface area contributed by atoms with Crippen LogP contribution in [0.15, 0.2) is 23.0 Å². The number of nitrogens with zero attached hydrogens (tertiary/aromatic N) is 2. The summed E-state index contributed by atoms with van der Waals surface area (Å²) in [5, 5.41) is 4.40. The Hall–Kier alpha value is -3.08. The third-order valence-corrected chi connectivity index (χ3v) is 6.56. The van der Waals surface area contributed by atoms with Crippen LogP contribution in [0, 0.1) is 0 Å².